The highest BCUT2D eigenvalue weighted by molar-refractivity contribution is 5.89. The number of hydrogen-bond acceptors (Lipinski definition) is 4. The molecular formula is C20H31ClN2O3. The van der Waals surface area contributed by atoms with Gasteiger partial charge < -0.3 is 20.1 Å². The fraction of sp³-hybridized carbons (Fsp3) is 0.650. The molecule has 3 atom stereocenters. The zero-order chi connectivity index (χ0) is 18.2. The molecule has 0 aromatic heterocycles. The second-order valence-electron chi connectivity index (χ2n) is 7.80. The normalized spacial score (nSPS) is 29.0. The van der Waals surface area contributed by atoms with E-state index in [2.05, 4.69) is 13.8 Å². The number of carbonyl (C=O) groups is 1. The lowest BCUT2D eigenvalue weighted by atomic mass is 9.46. The van der Waals surface area contributed by atoms with Crippen molar-refractivity contribution in [1.82, 2.24) is 4.90 Å². The first-order valence-corrected chi connectivity index (χ1v) is 9.19. The molecule has 2 fully saturated rings. The van der Waals surface area contributed by atoms with Gasteiger partial charge in [-0.15, -0.1) is 12.4 Å². The van der Waals surface area contributed by atoms with Gasteiger partial charge in [0.05, 0.1) is 13.2 Å². The molecule has 0 spiro atoms. The second-order valence-corrected chi connectivity index (χ2v) is 7.80. The van der Waals surface area contributed by atoms with Crippen molar-refractivity contribution in [2.24, 2.45) is 17.1 Å². The van der Waals surface area contributed by atoms with E-state index in [-0.39, 0.29) is 35.8 Å². The molecule has 26 heavy (non-hydrogen) atoms. The number of likely N-dealkylation sites (N-methyl/N-ethyl adjacent to an activating group) is 1. The summed E-state index contributed by atoms with van der Waals surface area (Å²) in [6.07, 6.45) is 2.04. The number of rotatable bonds is 5. The SMILES string of the molecule is CCN(Cc1ccc(OC)cc1)C(=O)C1(N)C2CCCOC2C1(C)C.Cl. The quantitative estimate of drug-likeness (QED) is 0.850. The number of amides is 1. The standard InChI is InChI=1S/C20H30N2O3.ClH/c1-5-22(13-14-8-10-15(24-4)11-9-14)18(23)20(21)16-7-6-12-25-17(16)19(20,2)3;/h8-11,16-17H,5-7,12-13,21H2,1-4H3;1H. The molecule has 2 aliphatic rings. The maximum Gasteiger partial charge on any atom is 0.243 e. The van der Waals surface area contributed by atoms with Crippen LogP contribution >= 0.6 is 12.4 Å². The van der Waals surface area contributed by atoms with Crippen molar-refractivity contribution in [3.05, 3.63) is 29.8 Å². The Hall–Kier alpha value is -1.30. The number of nitrogens with two attached hydrogens (primary N) is 1. The highest BCUT2D eigenvalue weighted by Crippen LogP contribution is 2.58. The van der Waals surface area contributed by atoms with Gasteiger partial charge in [-0.2, -0.15) is 0 Å². The number of hydrogen-bond donors (Lipinski definition) is 1. The van der Waals surface area contributed by atoms with Crippen molar-refractivity contribution in [2.45, 2.75) is 51.8 Å². The molecule has 0 bridgehead atoms. The Labute approximate surface area is 162 Å². The van der Waals surface area contributed by atoms with Gasteiger partial charge in [0, 0.05) is 31.0 Å². The molecule has 1 aliphatic carbocycles. The maximum absolute atomic E-state index is 13.4. The van der Waals surface area contributed by atoms with Crippen molar-refractivity contribution in [2.75, 3.05) is 20.3 Å². The minimum atomic E-state index is -0.847. The number of fused-ring (bicyclic) bond motifs is 1. The minimum Gasteiger partial charge on any atom is -0.497 e. The molecule has 3 unspecified atom stereocenters. The van der Waals surface area contributed by atoms with Crippen LogP contribution in [0.15, 0.2) is 24.3 Å². The van der Waals surface area contributed by atoms with E-state index in [1.54, 1.807) is 7.11 Å². The molecule has 6 heteroatoms. The summed E-state index contributed by atoms with van der Waals surface area (Å²) in [7, 11) is 1.65. The van der Waals surface area contributed by atoms with Gasteiger partial charge in [-0.3, -0.25) is 4.79 Å². The van der Waals surface area contributed by atoms with Crippen LogP contribution in [0.5, 0.6) is 5.75 Å². The van der Waals surface area contributed by atoms with Gasteiger partial charge in [-0.1, -0.05) is 26.0 Å². The largest absolute Gasteiger partial charge is 0.497 e. The van der Waals surface area contributed by atoms with Crippen LogP contribution < -0.4 is 10.5 Å². The van der Waals surface area contributed by atoms with Crippen molar-refractivity contribution < 1.29 is 14.3 Å². The lowest BCUT2D eigenvalue weighted by Gasteiger charge is -2.65. The Morgan fingerprint density at radius 1 is 1.35 bits per heavy atom. The lowest BCUT2D eigenvalue weighted by molar-refractivity contribution is -0.230. The molecule has 1 saturated heterocycles. The van der Waals surface area contributed by atoms with Gasteiger partial charge >= 0.3 is 0 Å². The Morgan fingerprint density at radius 3 is 2.58 bits per heavy atom. The van der Waals surface area contributed by atoms with Crippen LogP contribution in [-0.4, -0.2) is 42.7 Å². The van der Waals surface area contributed by atoms with E-state index in [0.717, 1.165) is 30.8 Å². The molecule has 146 valence electrons. The van der Waals surface area contributed by atoms with Gasteiger partial charge in [0.25, 0.3) is 0 Å². The summed E-state index contributed by atoms with van der Waals surface area (Å²) in [6.45, 7) is 8.12. The van der Waals surface area contributed by atoms with E-state index in [0.29, 0.717) is 13.1 Å². The third kappa shape index (κ3) is 3.10. The molecule has 1 saturated carbocycles. The lowest BCUT2D eigenvalue weighted by Crippen LogP contribution is -2.82. The zero-order valence-electron chi connectivity index (χ0n) is 16.2. The average Bonchev–Trinajstić information content (AvgIpc) is 2.65. The molecule has 3 rings (SSSR count). The summed E-state index contributed by atoms with van der Waals surface area (Å²) in [5.41, 5.74) is 6.65. The number of benzene rings is 1. The predicted octanol–water partition coefficient (Wildman–Crippen LogP) is 3.00. The summed E-state index contributed by atoms with van der Waals surface area (Å²) in [4.78, 5) is 15.3. The highest BCUT2D eigenvalue weighted by atomic mass is 35.5. The van der Waals surface area contributed by atoms with Crippen molar-refractivity contribution in [3.8, 4) is 5.75 Å². The first-order chi connectivity index (χ1) is 11.9. The van der Waals surface area contributed by atoms with Crippen molar-refractivity contribution >= 4 is 18.3 Å². The molecule has 1 aromatic carbocycles. The van der Waals surface area contributed by atoms with Crippen LogP contribution in [0.2, 0.25) is 0 Å². The van der Waals surface area contributed by atoms with Crippen LogP contribution in [0.1, 0.15) is 39.2 Å². The van der Waals surface area contributed by atoms with Gasteiger partial charge in [0.1, 0.15) is 11.3 Å². The average molecular weight is 383 g/mol. The monoisotopic (exact) mass is 382 g/mol. The maximum atomic E-state index is 13.4. The Bertz CT molecular complexity index is 634. The predicted molar refractivity (Wildman–Crippen MR) is 104 cm³/mol. The van der Waals surface area contributed by atoms with Crippen LogP contribution in [-0.2, 0) is 16.1 Å². The van der Waals surface area contributed by atoms with Gasteiger partial charge in [-0.05, 0) is 37.5 Å². The summed E-state index contributed by atoms with van der Waals surface area (Å²) in [6, 6.07) is 7.83. The fourth-order valence-electron chi connectivity index (χ4n) is 4.55. The molecule has 5 nitrogen and oxygen atoms in total. The third-order valence-electron chi connectivity index (χ3n) is 6.24. The highest BCUT2D eigenvalue weighted by Gasteiger charge is 2.70. The van der Waals surface area contributed by atoms with E-state index in [1.165, 1.54) is 0 Å². The van der Waals surface area contributed by atoms with Crippen LogP contribution in [0, 0.1) is 11.3 Å². The van der Waals surface area contributed by atoms with E-state index in [9.17, 15) is 4.79 Å². The molecule has 1 aromatic rings. The molecule has 1 aliphatic heterocycles. The summed E-state index contributed by atoms with van der Waals surface area (Å²) in [5, 5.41) is 0. The minimum absolute atomic E-state index is 0. The van der Waals surface area contributed by atoms with Gasteiger partial charge in [0.2, 0.25) is 5.91 Å². The number of nitrogens with zero attached hydrogens (tertiary/aromatic N) is 1. The van der Waals surface area contributed by atoms with E-state index >= 15 is 0 Å². The first-order valence-electron chi connectivity index (χ1n) is 9.19. The van der Waals surface area contributed by atoms with E-state index in [1.807, 2.05) is 36.1 Å². The zero-order valence-corrected chi connectivity index (χ0v) is 17.0. The second kappa shape index (κ2) is 7.75. The fourth-order valence-corrected chi connectivity index (χ4v) is 4.55. The Morgan fingerprint density at radius 2 is 2.00 bits per heavy atom. The smallest absolute Gasteiger partial charge is 0.243 e. The summed E-state index contributed by atoms with van der Waals surface area (Å²) in [5.74, 6) is 0.979. The Kier molecular flexibility index (Phi) is 6.26. The molecule has 2 N–H and O–H groups in total. The van der Waals surface area contributed by atoms with Crippen LogP contribution in [0.4, 0.5) is 0 Å². The number of halogens is 1. The van der Waals surface area contributed by atoms with Crippen LogP contribution in [0.3, 0.4) is 0 Å². The summed E-state index contributed by atoms with van der Waals surface area (Å²) >= 11 is 0. The molecule has 1 amide bonds. The van der Waals surface area contributed by atoms with E-state index in [4.69, 9.17) is 15.2 Å². The molecule has 1 heterocycles. The van der Waals surface area contributed by atoms with Gasteiger partial charge in [-0.25, -0.2) is 0 Å². The molecular weight excluding hydrogens is 352 g/mol. The van der Waals surface area contributed by atoms with Crippen LogP contribution in [0.25, 0.3) is 0 Å². The van der Waals surface area contributed by atoms with E-state index < -0.39 is 5.54 Å². The number of ether oxygens (including phenoxy) is 2. The Balaban J connectivity index is 0.00000243. The number of carbonyl (C=O) groups excluding carboxylic acids is 1. The first kappa shape index (κ1) is 21.0. The molecule has 0 radical (unpaired) electrons. The third-order valence-corrected chi connectivity index (χ3v) is 6.24. The van der Waals surface area contributed by atoms with Crippen molar-refractivity contribution in [3.63, 3.8) is 0 Å². The number of methoxy groups -OCH3 is 1. The topological polar surface area (TPSA) is 64.8 Å². The van der Waals surface area contributed by atoms with Crippen molar-refractivity contribution in [1.29, 1.82) is 0 Å². The summed E-state index contributed by atoms with van der Waals surface area (Å²) < 4.78 is 11.1. The van der Waals surface area contributed by atoms with Gasteiger partial charge in [0.15, 0.2) is 0 Å².